The third kappa shape index (κ3) is 5.00. The Kier molecular flexibility index (Phi) is 6.56. The molecular weight excluding hydrogens is 369 g/mol. The SMILES string of the molecule is CCCNC(Cc1ccc(Br)cc1)c1cc(Cl)ccc1Cl. The molecule has 0 saturated heterocycles. The summed E-state index contributed by atoms with van der Waals surface area (Å²) in [5, 5.41) is 5.03. The second-order valence-corrected chi connectivity index (χ2v) is 6.76. The maximum Gasteiger partial charge on any atom is 0.0454 e. The Labute approximate surface area is 144 Å². The molecule has 21 heavy (non-hydrogen) atoms. The van der Waals surface area contributed by atoms with Crippen molar-refractivity contribution in [2.75, 3.05) is 6.54 Å². The Balaban J connectivity index is 2.25. The first-order valence-electron chi connectivity index (χ1n) is 7.03. The first-order chi connectivity index (χ1) is 10.1. The van der Waals surface area contributed by atoms with Crippen molar-refractivity contribution in [2.24, 2.45) is 0 Å². The van der Waals surface area contributed by atoms with Crippen LogP contribution in [0.3, 0.4) is 0 Å². The summed E-state index contributed by atoms with van der Waals surface area (Å²) in [6, 6.07) is 14.2. The van der Waals surface area contributed by atoms with Crippen molar-refractivity contribution in [3.05, 3.63) is 68.1 Å². The van der Waals surface area contributed by atoms with Gasteiger partial charge in [0.05, 0.1) is 0 Å². The Hall–Kier alpha value is -0.540. The van der Waals surface area contributed by atoms with E-state index in [4.69, 9.17) is 23.2 Å². The molecule has 0 aliphatic heterocycles. The average Bonchev–Trinajstić information content (AvgIpc) is 2.48. The largest absolute Gasteiger partial charge is 0.310 e. The van der Waals surface area contributed by atoms with Crippen LogP contribution in [0.4, 0.5) is 0 Å². The van der Waals surface area contributed by atoms with E-state index in [1.54, 1.807) is 0 Å². The van der Waals surface area contributed by atoms with Gasteiger partial charge in [0.1, 0.15) is 0 Å². The Bertz CT molecular complexity index is 584. The molecule has 0 aliphatic rings. The molecule has 0 spiro atoms. The van der Waals surface area contributed by atoms with E-state index in [0.29, 0.717) is 5.02 Å². The Morgan fingerprint density at radius 2 is 1.81 bits per heavy atom. The number of hydrogen-bond acceptors (Lipinski definition) is 1. The number of rotatable bonds is 6. The fourth-order valence-electron chi connectivity index (χ4n) is 2.25. The highest BCUT2D eigenvalue weighted by atomic mass is 79.9. The molecule has 2 aromatic carbocycles. The summed E-state index contributed by atoms with van der Waals surface area (Å²) >= 11 is 15.9. The second-order valence-electron chi connectivity index (χ2n) is 5.00. The molecule has 0 amide bonds. The van der Waals surface area contributed by atoms with Crippen LogP contribution in [0.25, 0.3) is 0 Å². The van der Waals surface area contributed by atoms with Crippen LogP contribution in [-0.4, -0.2) is 6.54 Å². The molecule has 2 aromatic rings. The zero-order chi connectivity index (χ0) is 15.2. The van der Waals surface area contributed by atoms with Crippen molar-refractivity contribution in [3.63, 3.8) is 0 Å². The van der Waals surface area contributed by atoms with E-state index in [9.17, 15) is 0 Å². The second kappa shape index (κ2) is 8.19. The molecule has 0 fully saturated rings. The third-order valence-corrected chi connectivity index (χ3v) is 4.44. The van der Waals surface area contributed by atoms with Gasteiger partial charge in [-0.15, -0.1) is 0 Å². The molecule has 1 N–H and O–H groups in total. The lowest BCUT2D eigenvalue weighted by molar-refractivity contribution is 0.529. The van der Waals surface area contributed by atoms with Gasteiger partial charge in [-0.2, -0.15) is 0 Å². The minimum atomic E-state index is 0.164. The van der Waals surface area contributed by atoms with Crippen LogP contribution in [0.15, 0.2) is 46.9 Å². The quantitative estimate of drug-likeness (QED) is 0.638. The molecule has 112 valence electrons. The van der Waals surface area contributed by atoms with Crippen LogP contribution < -0.4 is 5.32 Å². The summed E-state index contributed by atoms with van der Waals surface area (Å²) in [6.07, 6.45) is 1.96. The Morgan fingerprint density at radius 3 is 2.48 bits per heavy atom. The van der Waals surface area contributed by atoms with E-state index in [-0.39, 0.29) is 6.04 Å². The lowest BCUT2D eigenvalue weighted by Gasteiger charge is -2.21. The lowest BCUT2D eigenvalue weighted by atomic mass is 9.98. The number of benzene rings is 2. The predicted octanol–water partition coefficient (Wildman–Crippen LogP) is 6.04. The van der Waals surface area contributed by atoms with Crippen LogP contribution in [-0.2, 0) is 6.42 Å². The van der Waals surface area contributed by atoms with Crippen LogP contribution in [0.5, 0.6) is 0 Å². The first kappa shape index (κ1) is 16.8. The van der Waals surface area contributed by atoms with Crippen molar-refractivity contribution in [1.29, 1.82) is 0 Å². The van der Waals surface area contributed by atoms with Crippen LogP contribution in [0.1, 0.15) is 30.5 Å². The topological polar surface area (TPSA) is 12.0 Å². The highest BCUT2D eigenvalue weighted by Gasteiger charge is 2.15. The number of hydrogen-bond donors (Lipinski definition) is 1. The monoisotopic (exact) mass is 385 g/mol. The molecule has 0 aliphatic carbocycles. The summed E-state index contributed by atoms with van der Waals surface area (Å²) in [4.78, 5) is 0. The molecule has 1 atom stereocenters. The van der Waals surface area contributed by atoms with Gasteiger partial charge in [0, 0.05) is 20.6 Å². The van der Waals surface area contributed by atoms with Crippen molar-refractivity contribution < 1.29 is 0 Å². The maximum atomic E-state index is 6.36. The molecule has 1 unspecified atom stereocenters. The summed E-state index contributed by atoms with van der Waals surface area (Å²) in [6.45, 7) is 3.10. The minimum absolute atomic E-state index is 0.164. The van der Waals surface area contributed by atoms with Gasteiger partial charge in [0.25, 0.3) is 0 Å². The van der Waals surface area contributed by atoms with Gasteiger partial charge < -0.3 is 5.32 Å². The van der Waals surface area contributed by atoms with E-state index in [2.05, 4.69) is 52.4 Å². The highest BCUT2D eigenvalue weighted by Crippen LogP contribution is 2.29. The number of halogens is 3. The van der Waals surface area contributed by atoms with Gasteiger partial charge >= 0.3 is 0 Å². The molecule has 0 bridgehead atoms. The van der Waals surface area contributed by atoms with Gasteiger partial charge in [-0.25, -0.2) is 0 Å². The predicted molar refractivity (Wildman–Crippen MR) is 95.3 cm³/mol. The van der Waals surface area contributed by atoms with Crippen LogP contribution >= 0.6 is 39.1 Å². The molecule has 4 heteroatoms. The minimum Gasteiger partial charge on any atom is -0.310 e. The molecule has 0 aromatic heterocycles. The molecule has 0 saturated carbocycles. The summed E-state index contributed by atoms with van der Waals surface area (Å²) in [7, 11) is 0. The van der Waals surface area contributed by atoms with Crippen molar-refractivity contribution >= 4 is 39.1 Å². The molecule has 0 radical (unpaired) electrons. The maximum absolute atomic E-state index is 6.36. The standard InChI is InChI=1S/C17H18BrCl2N/c1-2-9-21-17(10-12-3-5-13(18)6-4-12)15-11-14(19)7-8-16(15)20/h3-8,11,17,21H,2,9-10H2,1H3. The van der Waals surface area contributed by atoms with Crippen molar-refractivity contribution in [3.8, 4) is 0 Å². The van der Waals surface area contributed by atoms with E-state index in [1.165, 1.54) is 5.56 Å². The smallest absolute Gasteiger partial charge is 0.0454 e. The first-order valence-corrected chi connectivity index (χ1v) is 8.58. The third-order valence-electron chi connectivity index (χ3n) is 3.33. The van der Waals surface area contributed by atoms with Crippen molar-refractivity contribution in [1.82, 2.24) is 5.32 Å². The van der Waals surface area contributed by atoms with Crippen LogP contribution in [0, 0.1) is 0 Å². The van der Waals surface area contributed by atoms with Gasteiger partial charge in [-0.1, -0.05) is 58.2 Å². The van der Waals surface area contributed by atoms with Gasteiger partial charge in [-0.05, 0) is 60.8 Å². The summed E-state index contributed by atoms with van der Waals surface area (Å²) in [5.74, 6) is 0. The van der Waals surface area contributed by atoms with Crippen molar-refractivity contribution in [2.45, 2.75) is 25.8 Å². The van der Waals surface area contributed by atoms with Gasteiger partial charge in [-0.3, -0.25) is 0 Å². The van der Waals surface area contributed by atoms with E-state index in [0.717, 1.165) is 34.4 Å². The van der Waals surface area contributed by atoms with Gasteiger partial charge in [0.2, 0.25) is 0 Å². The summed E-state index contributed by atoms with van der Waals surface area (Å²) in [5.41, 5.74) is 2.32. The van der Waals surface area contributed by atoms with Crippen LogP contribution in [0.2, 0.25) is 10.0 Å². The van der Waals surface area contributed by atoms with Gasteiger partial charge in [0.15, 0.2) is 0 Å². The molecular formula is C17H18BrCl2N. The van der Waals surface area contributed by atoms with E-state index >= 15 is 0 Å². The normalized spacial score (nSPS) is 12.4. The summed E-state index contributed by atoms with van der Waals surface area (Å²) < 4.78 is 1.09. The van der Waals surface area contributed by atoms with E-state index in [1.807, 2.05) is 18.2 Å². The average molecular weight is 387 g/mol. The highest BCUT2D eigenvalue weighted by molar-refractivity contribution is 9.10. The zero-order valence-electron chi connectivity index (χ0n) is 11.9. The van der Waals surface area contributed by atoms with E-state index < -0.39 is 0 Å². The molecule has 1 nitrogen and oxygen atoms in total. The molecule has 2 rings (SSSR count). The fourth-order valence-corrected chi connectivity index (χ4v) is 2.94. The lowest BCUT2D eigenvalue weighted by Crippen LogP contribution is -2.24. The Morgan fingerprint density at radius 1 is 1.10 bits per heavy atom. The number of nitrogens with one attached hydrogen (secondary N) is 1. The zero-order valence-corrected chi connectivity index (χ0v) is 15.0. The fraction of sp³-hybridized carbons (Fsp3) is 0.294. The molecule has 0 heterocycles.